The Hall–Kier alpha value is -0.700. The van der Waals surface area contributed by atoms with Gasteiger partial charge < -0.3 is 9.64 Å². The van der Waals surface area contributed by atoms with Crippen molar-refractivity contribution in [1.82, 2.24) is 0 Å². The van der Waals surface area contributed by atoms with Gasteiger partial charge in [0.25, 0.3) is 0 Å². The van der Waals surface area contributed by atoms with E-state index >= 15 is 0 Å². The summed E-state index contributed by atoms with van der Waals surface area (Å²) >= 11 is 1.74. The molecular formula is C10H15NOS. The topological polar surface area (TPSA) is 12.5 Å². The van der Waals surface area contributed by atoms with Gasteiger partial charge in [0.05, 0.1) is 12.1 Å². The van der Waals surface area contributed by atoms with E-state index in [1.807, 2.05) is 0 Å². The molecule has 0 amide bonds. The SMILES string of the molecule is COc1ccc(N2CCCCC2)s1. The molecule has 3 heteroatoms. The van der Waals surface area contributed by atoms with Gasteiger partial charge in [0.2, 0.25) is 0 Å². The minimum absolute atomic E-state index is 1.01. The minimum atomic E-state index is 1.01. The smallest absolute Gasteiger partial charge is 0.175 e. The van der Waals surface area contributed by atoms with Crippen molar-refractivity contribution in [2.75, 3.05) is 25.1 Å². The fraction of sp³-hybridized carbons (Fsp3) is 0.600. The van der Waals surface area contributed by atoms with Gasteiger partial charge in [-0.25, -0.2) is 0 Å². The van der Waals surface area contributed by atoms with Crippen molar-refractivity contribution in [2.24, 2.45) is 0 Å². The van der Waals surface area contributed by atoms with Crippen molar-refractivity contribution in [3.63, 3.8) is 0 Å². The van der Waals surface area contributed by atoms with Crippen LogP contribution in [0, 0.1) is 0 Å². The van der Waals surface area contributed by atoms with Crippen molar-refractivity contribution >= 4 is 16.3 Å². The van der Waals surface area contributed by atoms with Crippen LogP contribution in [-0.2, 0) is 0 Å². The molecule has 2 nitrogen and oxygen atoms in total. The van der Waals surface area contributed by atoms with E-state index in [1.165, 1.54) is 37.4 Å². The summed E-state index contributed by atoms with van der Waals surface area (Å²) in [5.74, 6) is 0. The third-order valence-corrected chi connectivity index (χ3v) is 3.54. The van der Waals surface area contributed by atoms with Crippen LogP contribution in [0.15, 0.2) is 12.1 Å². The van der Waals surface area contributed by atoms with Crippen molar-refractivity contribution in [3.8, 4) is 5.06 Å². The Morgan fingerprint density at radius 1 is 1.23 bits per heavy atom. The van der Waals surface area contributed by atoms with E-state index in [1.54, 1.807) is 18.4 Å². The van der Waals surface area contributed by atoms with Crippen LogP contribution in [0.25, 0.3) is 0 Å². The maximum Gasteiger partial charge on any atom is 0.175 e. The van der Waals surface area contributed by atoms with E-state index in [-0.39, 0.29) is 0 Å². The summed E-state index contributed by atoms with van der Waals surface area (Å²) in [5.41, 5.74) is 0. The zero-order valence-corrected chi connectivity index (χ0v) is 8.77. The lowest BCUT2D eigenvalue weighted by Crippen LogP contribution is -2.28. The van der Waals surface area contributed by atoms with Gasteiger partial charge in [0.1, 0.15) is 0 Å². The lowest BCUT2D eigenvalue weighted by Gasteiger charge is -2.26. The second-order valence-electron chi connectivity index (χ2n) is 3.34. The Kier molecular flexibility index (Phi) is 2.74. The number of hydrogen-bond acceptors (Lipinski definition) is 3. The first kappa shape index (κ1) is 8.88. The second-order valence-corrected chi connectivity index (χ2v) is 4.37. The van der Waals surface area contributed by atoms with Crippen LogP contribution in [0.1, 0.15) is 19.3 Å². The number of methoxy groups -OCH3 is 1. The molecular weight excluding hydrogens is 182 g/mol. The van der Waals surface area contributed by atoms with Gasteiger partial charge >= 0.3 is 0 Å². The van der Waals surface area contributed by atoms with Crippen LogP contribution in [-0.4, -0.2) is 20.2 Å². The van der Waals surface area contributed by atoms with E-state index in [2.05, 4.69) is 17.0 Å². The summed E-state index contributed by atoms with van der Waals surface area (Å²) in [6, 6.07) is 4.21. The number of thiophene rings is 1. The fourth-order valence-electron chi connectivity index (χ4n) is 1.70. The average molecular weight is 197 g/mol. The molecule has 0 aliphatic carbocycles. The second kappa shape index (κ2) is 4.01. The highest BCUT2D eigenvalue weighted by Crippen LogP contribution is 2.32. The molecule has 1 aliphatic heterocycles. The van der Waals surface area contributed by atoms with E-state index in [0.29, 0.717) is 0 Å². The van der Waals surface area contributed by atoms with Gasteiger partial charge in [-0.15, -0.1) is 0 Å². The van der Waals surface area contributed by atoms with Crippen molar-refractivity contribution in [3.05, 3.63) is 12.1 Å². The molecule has 13 heavy (non-hydrogen) atoms. The van der Waals surface area contributed by atoms with Crippen molar-refractivity contribution in [1.29, 1.82) is 0 Å². The lowest BCUT2D eigenvalue weighted by molar-refractivity contribution is 0.427. The Labute approximate surface area is 83.1 Å². The van der Waals surface area contributed by atoms with Crippen LogP contribution < -0.4 is 9.64 Å². The number of nitrogens with zero attached hydrogens (tertiary/aromatic N) is 1. The molecule has 1 fully saturated rings. The lowest BCUT2D eigenvalue weighted by atomic mass is 10.1. The van der Waals surface area contributed by atoms with Crippen LogP contribution in [0.3, 0.4) is 0 Å². The van der Waals surface area contributed by atoms with Gasteiger partial charge in [-0.1, -0.05) is 11.3 Å². The number of piperidine rings is 1. The Balaban J connectivity index is 2.05. The molecule has 0 radical (unpaired) electrons. The third kappa shape index (κ3) is 1.97. The fourth-order valence-corrected chi connectivity index (χ4v) is 2.58. The minimum Gasteiger partial charge on any atom is -0.487 e. The molecule has 0 aromatic carbocycles. The third-order valence-electron chi connectivity index (χ3n) is 2.44. The van der Waals surface area contributed by atoms with Crippen LogP contribution in [0.5, 0.6) is 5.06 Å². The highest BCUT2D eigenvalue weighted by Gasteiger charge is 2.12. The van der Waals surface area contributed by atoms with Crippen molar-refractivity contribution in [2.45, 2.75) is 19.3 Å². The molecule has 0 N–H and O–H groups in total. The monoisotopic (exact) mass is 197 g/mol. The number of ether oxygens (including phenoxy) is 1. The molecule has 1 aromatic rings. The molecule has 1 saturated heterocycles. The normalized spacial score (nSPS) is 17.5. The van der Waals surface area contributed by atoms with E-state index in [9.17, 15) is 0 Å². The molecule has 2 rings (SSSR count). The summed E-state index contributed by atoms with van der Waals surface area (Å²) in [6.45, 7) is 2.42. The average Bonchev–Trinajstić information content (AvgIpc) is 2.67. The van der Waals surface area contributed by atoms with E-state index in [4.69, 9.17) is 4.74 Å². The zero-order chi connectivity index (χ0) is 9.10. The van der Waals surface area contributed by atoms with E-state index in [0.717, 1.165) is 5.06 Å². The summed E-state index contributed by atoms with van der Waals surface area (Å²) in [4.78, 5) is 2.46. The number of hydrogen-bond donors (Lipinski definition) is 0. The first-order valence-electron chi connectivity index (χ1n) is 4.79. The molecule has 0 unspecified atom stereocenters. The predicted octanol–water partition coefficient (Wildman–Crippen LogP) is 2.75. The molecule has 2 heterocycles. The largest absolute Gasteiger partial charge is 0.487 e. The van der Waals surface area contributed by atoms with Gasteiger partial charge in [0, 0.05) is 13.1 Å². The van der Waals surface area contributed by atoms with Crippen molar-refractivity contribution < 1.29 is 4.74 Å². The molecule has 72 valence electrons. The maximum absolute atomic E-state index is 5.18. The highest BCUT2D eigenvalue weighted by atomic mass is 32.1. The molecule has 1 aliphatic rings. The van der Waals surface area contributed by atoms with Gasteiger partial charge in [0.15, 0.2) is 5.06 Å². The molecule has 0 atom stereocenters. The van der Waals surface area contributed by atoms with Crippen LogP contribution in [0.4, 0.5) is 5.00 Å². The number of anilines is 1. The summed E-state index contributed by atoms with van der Waals surface area (Å²) in [7, 11) is 1.73. The maximum atomic E-state index is 5.18. The predicted molar refractivity (Wildman–Crippen MR) is 56.9 cm³/mol. The first-order valence-corrected chi connectivity index (χ1v) is 5.60. The summed E-state index contributed by atoms with van der Waals surface area (Å²) in [5, 5.41) is 2.37. The van der Waals surface area contributed by atoms with Gasteiger partial charge in [-0.3, -0.25) is 0 Å². The molecule has 0 bridgehead atoms. The molecule has 0 saturated carbocycles. The first-order chi connectivity index (χ1) is 6.40. The Bertz CT molecular complexity index is 266. The summed E-state index contributed by atoms with van der Waals surface area (Å²) in [6.07, 6.45) is 4.06. The van der Waals surface area contributed by atoms with Gasteiger partial charge in [-0.2, -0.15) is 0 Å². The van der Waals surface area contributed by atoms with Crippen LogP contribution in [0.2, 0.25) is 0 Å². The Morgan fingerprint density at radius 3 is 2.62 bits per heavy atom. The Morgan fingerprint density at radius 2 is 2.00 bits per heavy atom. The van der Waals surface area contributed by atoms with E-state index < -0.39 is 0 Å². The standard InChI is InChI=1S/C10H15NOS/c1-12-10-6-5-9(13-10)11-7-3-2-4-8-11/h5-6H,2-4,7-8H2,1H3. The summed E-state index contributed by atoms with van der Waals surface area (Å²) < 4.78 is 5.18. The van der Waals surface area contributed by atoms with Gasteiger partial charge in [-0.05, 0) is 31.4 Å². The molecule has 0 spiro atoms. The number of rotatable bonds is 2. The molecule has 1 aromatic heterocycles. The quantitative estimate of drug-likeness (QED) is 0.723. The van der Waals surface area contributed by atoms with Crippen LogP contribution >= 0.6 is 11.3 Å². The zero-order valence-electron chi connectivity index (χ0n) is 7.95. The highest BCUT2D eigenvalue weighted by molar-refractivity contribution is 7.17.